The van der Waals surface area contributed by atoms with Gasteiger partial charge in [0.1, 0.15) is 0 Å². The predicted octanol–water partition coefficient (Wildman–Crippen LogP) is 3.38. The lowest BCUT2D eigenvalue weighted by Crippen LogP contribution is -2.40. The van der Waals surface area contributed by atoms with Crippen LogP contribution < -0.4 is 5.32 Å². The van der Waals surface area contributed by atoms with Crippen molar-refractivity contribution < 1.29 is 14.0 Å². The molecule has 1 unspecified atom stereocenters. The number of benzene rings is 1. The lowest BCUT2D eigenvalue weighted by Gasteiger charge is -2.32. The Labute approximate surface area is 184 Å². The van der Waals surface area contributed by atoms with Gasteiger partial charge in [-0.2, -0.15) is 5.10 Å². The predicted molar refractivity (Wildman–Crippen MR) is 118 cm³/mol. The monoisotopic (exact) mass is 429 g/mol. The van der Waals surface area contributed by atoms with E-state index in [0.717, 1.165) is 48.6 Å². The molecule has 2 fully saturated rings. The van der Waals surface area contributed by atoms with Crippen molar-refractivity contribution in [1.82, 2.24) is 25.4 Å². The van der Waals surface area contributed by atoms with E-state index in [4.69, 9.17) is 4.42 Å². The van der Waals surface area contributed by atoms with Crippen molar-refractivity contribution in [2.75, 3.05) is 19.6 Å². The highest BCUT2D eigenvalue weighted by Crippen LogP contribution is 2.59. The van der Waals surface area contributed by atoms with Gasteiger partial charge in [-0.25, -0.2) is 0 Å². The second-order valence-electron chi connectivity index (χ2n) is 8.91. The Kier molecular flexibility index (Phi) is 4.28. The van der Waals surface area contributed by atoms with E-state index in [0.29, 0.717) is 29.5 Å². The Morgan fingerprint density at radius 1 is 1.22 bits per heavy atom. The molecule has 2 amide bonds. The number of H-pyrrole nitrogens is 1. The third-order valence-electron chi connectivity index (χ3n) is 7.13. The SMILES string of the molecule is O=C(NCC1CC12CCN(C(=O)c1n[nH]c3ccccc13)CC2)c1cc2ccncc2o1. The quantitative estimate of drug-likeness (QED) is 0.518. The summed E-state index contributed by atoms with van der Waals surface area (Å²) >= 11 is 0. The standard InChI is InChI=1S/C24H23N5O3/c30-22(19-11-15-5-8-25-14-20(15)32-19)26-13-16-12-24(16)6-9-29(10-7-24)23(31)21-17-3-1-2-4-18(17)27-28-21/h1-5,8,11,14,16H,6-7,9-10,12-13H2,(H,26,30)(H,27,28). The molecular formula is C24H23N5O3. The molecular weight excluding hydrogens is 406 g/mol. The maximum Gasteiger partial charge on any atom is 0.287 e. The van der Waals surface area contributed by atoms with Crippen LogP contribution in [0.25, 0.3) is 21.9 Å². The molecule has 4 heterocycles. The van der Waals surface area contributed by atoms with Crippen LogP contribution in [0.1, 0.15) is 40.3 Å². The van der Waals surface area contributed by atoms with Crippen LogP contribution in [0.5, 0.6) is 0 Å². The number of piperidine rings is 1. The molecule has 3 aromatic heterocycles. The van der Waals surface area contributed by atoms with Gasteiger partial charge in [0.25, 0.3) is 11.8 Å². The molecule has 1 spiro atoms. The van der Waals surface area contributed by atoms with Crippen molar-refractivity contribution in [1.29, 1.82) is 0 Å². The first kappa shape index (κ1) is 19.0. The molecule has 0 bridgehead atoms. The summed E-state index contributed by atoms with van der Waals surface area (Å²) in [5.41, 5.74) is 2.22. The number of para-hydroxylation sites is 1. The Balaban J connectivity index is 1.05. The summed E-state index contributed by atoms with van der Waals surface area (Å²) < 4.78 is 5.60. The highest BCUT2D eigenvalue weighted by molar-refractivity contribution is 6.04. The fourth-order valence-electron chi connectivity index (χ4n) is 5.06. The molecule has 0 radical (unpaired) electrons. The molecule has 2 aliphatic rings. The highest BCUT2D eigenvalue weighted by atomic mass is 16.3. The number of carbonyl (C=O) groups is 2. The van der Waals surface area contributed by atoms with Crippen molar-refractivity contribution >= 4 is 33.7 Å². The molecule has 1 aromatic carbocycles. The molecule has 1 saturated heterocycles. The van der Waals surface area contributed by atoms with Crippen LogP contribution in [0.3, 0.4) is 0 Å². The van der Waals surface area contributed by atoms with E-state index in [2.05, 4.69) is 20.5 Å². The van der Waals surface area contributed by atoms with Crippen LogP contribution in [-0.2, 0) is 0 Å². The number of hydrogen-bond donors (Lipinski definition) is 2. The first-order chi connectivity index (χ1) is 15.6. The Bertz CT molecular complexity index is 1300. The molecule has 1 saturated carbocycles. The number of likely N-dealkylation sites (tertiary alicyclic amines) is 1. The van der Waals surface area contributed by atoms with E-state index in [9.17, 15) is 9.59 Å². The van der Waals surface area contributed by atoms with E-state index in [-0.39, 0.29) is 17.2 Å². The summed E-state index contributed by atoms with van der Waals surface area (Å²) in [7, 11) is 0. The lowest BCUT2D eigenvalue weighted by molar-refractivity contribution is 0.0664. The largest absolute Gasteiger partial charge is 0.449 e. The summed E-state index contributed by atoms with van der Waals surface area (Å²) in [5, 5.41) is 12.0. The number of aromatic amines is 1. The first-order valence-electron chi connectivity index (χ1n) is 11.0. The molecule has 8 heteroatoms. The first-order valence-corrected chi connectivity index (χ1v) is 11.0. The van der Waals surface area contributed by atoms with E-state index in [1.807, 2.05) is 35.2 Å². The van der Waals surface area contributed by atoms with Gasteiger partial charge >= 0.3 is 0 Å². The minimum Gasteiger partial charge on any atom is -0.449 e. The van der Waals surface area contributed by atoms with Crippen LogP contribution in [0.4, 0.5) is 0 Å². The number of fused-ring (bicyclic) bond motifs is 2. The van der Waals surface area contributed by atoms with E-state index < -0.39 is 0 Å². The van der Waals surface area contributed by atoms with Gasteiger partial charge in [0.2, 0.25) is 0 Å². The second-order valence-corrected chi connectivity index (χ2v) is 8.91. The summed E-state index contributed by atoms with van der Waals surface area (Å²) in [4.78, 5) is 31.4. The van der Waals surface area contributed by atoms with Gasteiger partial charge in [-0.15, -0.1) is 0 Å². The number of nitrogens with zero attached hydrogens (tertiary/aromatic N) is 3. The van der Waals surface area contributed by atoms with Crippen molar-refractivity contribution in [3.8, 4) is 0 Å². The van der Waals surface area contributed by atoms with Crippen molar-refractivity contribution in [3.63, 3.8) is 0 Å². The number of hydrogen-bond acceptors (Lipinski definition) is 5. The molecule has 1 aliphatic carbocycles. The maximum absolute atomic E-state index is 13.0. The van der Waals surface area contributed by atoms with Gasteiger partial charge in [0.15, 0.2) is 17.0 Å². The van der Waals surface area contributed by atoms with E-state index in [1.54, 1.807) is 18.5 Å². The third kappa shape index (κ3) is 3.14. The zero-order valence-corrected chi connectivity index (χ0v) is 17.5. The molecule has 32 heavy (non-hydrogen) atoms. The van der Waals surface area contributed by atoms with Gasteiger partial charge in [0.05, 0.1) is 11.7 Å². The minimum absolute atomic E-state index is 0.0119. The summed E-state index contributed by atoms with van der Waals surface area (Å²) in [6.45, 7) is 2.08. The average molecular weight is 429 g/mol. The smallest absolute Gasteiger partial charge is 0.287 e. The maximum atomic E-state index is 13.0. The Morgan fingerprint density at radius 3 is 2.91 bits per heavy atom. The number of furan rings is 1. The molecule has 8 nitrogen and oxygen atoms in total. The van der Waals surface area contributed by atoms with Gasteiger partial charge in [-0.3, -0.25) is 19.7 Å². The third-order valence-corrected chi connectivity index (χ3v) is 7.13. The lowest BCUT2D eigenvalue weighted by atomic mass is 9.90. The zero-order chi connectivity index (χ0) is 21.7. The number of amides is 2. The van der Waals surface area contributed by atoms with Crippen LogP contribution >= 0.6 is 0 Å². The number of aromatic nitrogens is 3. The normalized spacial score (nSPS) is 19.5. The van der Waals surface area contributed by atoms with Crippen LogP contribution in [0.15, 0.2) is 53.2 Å². The molecule has 162 valence electrons. The highest BCUT2D eigenvalue weighted by Gasteiger charge is 2.55. The number of pyridine rings is 1. The zero-order valence-electron chi connectivity index (χ0n) is 17.5. The fraction of sp³-hybridized carbons (Fsp3) is 0.333. The summed E-state index contributed by atoms with van der Waals surface area (Å²) in [6, 6.07) is 11.3. The molecule has 1 atom stereocenters. The van der Waals surface area contributed by atoms with Crippen LogP contribution in [0.2, 0.25) is 0 Å². The Morgan fingerprint density at radius 2 is 2.06 bits per heavy atom. The van der Waals surface area contributed by atoms with E-state index in [1.165, 1.54) is 0 Å². The number of nitrogens with one attached hydrogen (secondary N) is 2. The topological polar surface area (TPSA) is 104 Å². The average Bonchev–Trinajstić information content (AvgIpc) is 3.17. The number of rotatable bonds is 4. The van der Waals surface area contributed by atoms with Gasteiger partial charge < -0.3 is 14.6 Å². The van der Waals surface area contributed by atoms with Crippen molar-refractivity contribution in [2.45, 2.75) is 19.3 Å². The second kappa shape index (κ2) is 7.19. The molecule has 4 aromatic rings. The minimum atomic E-state index is -0.193. The van der Waals surface area contributed by atoms with Crippen LogP contribution in [-0.4, -0.2) is 51.5 Å². The van der Waals surface area contributed by atoms with Crippen molar-refractivity contribution in [3.05, 3.63) is 60.2 Å². The van der Waals surface area contributed by atoms with Crippen molar-refractivity contribution in [2.24, 2.45) is 11.3 Å². The molecule has 2 N–H and O–H groups in total. The van der Waals surface area contributed by atoms with E-state index >= 15 is 0 Å². The summed E-state index contributed by atoms with van der Waals surface area (Å²) in [5.74, 6) is 0.554. The summed E-state index contributed by atoms with van der Waals surface area (Å²) in [6.07, 6.45) is 6.29. The number of carbonyl (C=O) groups excluding carboxylic acids is 2. The molecule has 1 aliphatic heterocycles. The van der Waals surface area contributed by atoms with Gasteiger partial charge in [-0.1, -0.05) is 18.2 Å². The Hall–Kier alpha value is -3.68. The fourth-order valence-corrected chi connectivity index (χ4v) is 5.06. The van der Waals surface area contributed by atoms with Gasteiger partial charge in [-0.05, 0) is 48.8 Å². The van der Waals surface area contributed by atoms with Gasteiger partial charge in [0, 0.05) is 36.6 Å². The molecule has 6 rings (SSSR count). The van der Waals surface area contributed by atoms with Crippen LogP contribution in [0, 0.1) is 11.3 Å².